The second kappa shape index (κ2) is 13.8. The van der Waals surface area contributed by atoms with Gasteiger partial charge in [-0.2, -0.15) is 0 Å². The first kappa shape index (κ1) is 32.4. The molecule has 3 atom stereocenters. The predicted molar refractivity (Wildman–Crippen MR) is 167 cm³/mol. The van der Waals surface area contributed by atoms with E-state index in [9.17, 15) is 18.3 Å². The molecule has 0 saturated heterocycles. The maximum atomic E-state index is 13.5. The second-order valence-corrected chi connectivity index (χ2v) is 13.6. The van der Waals surface area contributed by atoms with Gasteiger partial charge in [0, 0.05) is 41.8 Å². The van der Waals surface area contributed by atoms with Gasteiger partial charge in [0.2, 0.25) is 5.91 Å². The first-order chi connectivity index (χ1) is 19.9. The van der Waals surface area contributed by atoms with Crippen LogP contribution < -0.4 is 9.46 Å². The molecular weight excluding hydrogens is 621 g/mol. The number of carbonyl (C=O) groups is 1. The van der Waals surface area contributed by atoms with Gasteiger partial charge >= 0.3 is 0 Å². The lowest BCUT2D eigenvalue weighted by molar-refractivity contribution is -0.134. The largest absolute Gasteiger partial charge is 0.488 e. The summed E-state index contributed by atoms with van der Waals surface area (Å²) in [5.74, 6) is 0.222. The van der Waals surface area contributed by atoms with Crippen LogP contribution in [0.3, 0.4) is 0 Å². The predicted octanol–water partition coefficient (Wildman–Crippen LogP) is 5.73. The standard InChI is InChI=1S/C30H34Cl3N3O5S/c1-19-15-36(20(2)18-37)30(38)14-22-13-24(34-42(39,40)25-8-5-23(31)6-9-25)7-11-28(22)41-29(19)17-35(3)16-21-4-10-26(32)27(33)12-21/h4-13,19-20,29,34,37H,14-18H2,1-3H3/t19-,20+,29-/m0/s1. The molecule has 3 aromatic carbocycles. The summed E-state index contributed by atoms with van der Waals surface area (Å²) < 4.78 is 35.1. The minimum absolute atomic E-state index is 0.0191. The Balaban J connectivity index is 1.62. The summed E-state index contributed by atoms with van der Waals surface area (Å²) in [6.07, 6.45) is -0.346. The molecule has 2 N–H and O–H groups in total. The molecule has 0 bridgehead atoms. The number of sulfonamides is 1. The maximum Gasteiger partial charge on any atom is 0.261 e. The number of anilines is 1. The van der Waals surface area contributed by atoms with Gasteiger partial charge in [-0.15, -0.1) is 0 Å². The van der Waals surface area contributed by atoms with Crippen LogP contribution in [0.1, 0.15) is 25.0 Å². The zero-order valence-corrected chi connectivity index (χ0v) is 26.6. The van der Waals surface area contributed by atoms with Gasteiger partial charge in [-0.25, -0.2) is 8.42 Å². The van der Waals surface area contributed by atoms with E-state index >= 15 is 0 Å². The van der Waals surface area contributed by atoms with E-state index in [0.717, 1.165) is 5.56 Å². The summed E-state index contributed by atoms with van der Waals surface area (Å²) in [7, 11) is -1.92. The van der Waals surface area contributed by atoms with Gasteiger partial charge in [0.1, 0.15) is 11.9 Å². The summed E-state index contributed by atoms with van der Waals surface area (Å²) in [4.78, 5) is 17.3. The normalized spacial score (nSPS) is 18.5. The third-order valence-electron chi connectivity index (χ3n) is 7.22. The van der Waals surface area contributed by atoms with Gasteiger partial charge in [0.05, 0.1) is 34.0 Å². The number of fused-ring (bicyclic) bond motifs is 1. The van der Waals surface area contributed by atoms with E-state index in [1.807, 2.05) is 26.1 Å². The van der Waals surface area contributed by atoms with Crippen LogP contribution in [0.25, 0.3) is 0 Å². The number of halogens is 3. The zero-order valence-electron chi connectivity index (χ0n) is 23.6. The number of ether oxygens (including phenoxy) is 1. The molecule has 0 radical (unpaired) electrons. The van der Waals surface area contributed by atoms with Crippen molar-refractivity contribution in [2.75, 3.05) is 31.5 Å². The van der Waals surface area contributed by atoms with E-state index in [0.29, 0.717) is 51.7 Å². The van der Waals surface area contributed by atoms with Crippen LogP contribution in [0.2, 0.25) is 15.1 Å². The quantitative estimate of drug-likeness (QED) is 0.306. The number of nitrogens with zero attached hydrogens (tertiary/aromatic N) is 2. The highest BCUT2D eigenvalue weighted by atomic mass is 35.5. The highest BCUT2D eigenvalue weighted by Gasteiger charge is 2.31. The highest BCUT2D eigenvalue weighted by molar-refractivity contribution is 7.92. The first-order valence-corrected chi connectivity index (χ1v) is 16.1. The van der Waals surface area contributed by atoms with Crippen molar-refractivity contribution in [3.63, 3.8) is 0 Å². The number of aliphatic hydroxyl groups excluding tert-OH is 1. The molecule has 4 rings (SSSR count). The number of carbonyl (C=O) groups excluding carboxylic acids is 1. The highest BCUT2D eigenvalue weighted by Crippen LogP contribution is 2.31. The van der Waals surface area contributed by atoms with Crippen molar-refractivity contribution in [3.05, 3.63) is 86.9 Å². The molecule has 12 heteroatoms. The third kappa shape index (κ3) is 8.09. The maximum absolute atomic E-state index is 13.5. The summed E-state index contributed by atoms with van der Waals surface area (Å²) >= 11 is 18.2. The third-order valence-corrected chi connectivity index (χ3v) is 9.61. The lowest BCUT2D eigenvalue weighted by atomic mass is 10.0. The van der Waals surface area contributed by atoms with Crippen LogP contribution in [0, 0.1) is 5.92 Å². The minimum Gasteiger partial charge on any atom is -0.488 e. The van der Waals surface area contributed by atoms with Crippen LogP contribution in [0.5, 0.6) is 5.75 Å². The van der Waals surface area contributed by atoms with Gasteiger partial charge in [-0.1, -0.05) is 47.8 Å². The fourth-order valence-electron chi connectivity index (χ4n) is 4.86. The van der Waals surface area contributed by atoms with Gasteiger partial charge in [-0.05, 0) is 74.1 Å². The van der Waals surface area contributed by atoms with Crippen molar-refractivity contribution in [2.24, 2.45) is 5.92 Å². The molecule has 1 amide bonds. The molecule has 226 valence electrons. The summed E-state index contributed by atoms with van der Waals surface area (Å²) in [6.45, 7) is 5.14. The van der Waals surface area contributed by atoms with Gasteiger partial charge < -0.3 is 14.7 Å². The first-order valence-electron chi connectivity index (χ1n) is 13.5. The van der Waals surface area contributed by atoms with Crippen LogP contribution in [0.4, 0.5) is 5.69 Å². The van der Waals surface area contributed by atoms with Gasteiger partial charge in [0.15, 0.2) is 0 Å². The van der Waals surface area contributed by atoms with E-state index in [1.54, 1.807) is 36.1 Å². The average Bonchev–Trinajstić information content (AvgIpc) is 2.98. The van der Waals surface area contributed by atoms with Crippen LogP contribution in [0.15, 0.2) is 65.6 Å². The van der Waals surface area contributed by atoms with E-state index in [4.69, 9.17) is 39.5 Å². The SMILES string of the molecule is C[C@H](CO)N1C[C@H](C)[C@H](CN(C)Cc2ccc(Cl)c(Cl)c2)Oc2ccc(NS(=O)(=O)c3ccc(Cl)cc3)cc2CC1=O. The number of amides is 1. The Morgan fingerprint density at radius 2 is 1.79 bits per heavy atom. The summed E-state index contributed by atoms with van der Waals surface area (Å²) in [6, 6.07) is 15.9. The Labute approximate surface area is 262 Å². The smallest absolute Gasteiger partial charge is 0.261 e. The molecule has 8 nitrogen and oxygen atoms in total. The average molecular weight is 655 g/mol. The van der Waals surface area contributed by atoms with E-state index in [-0.39, 0.29) is 35.9 Å². The summed E-state index contributed by atoms with van der Waals surface area (Å²) in [5, 5.41) is 11.3. The number of rotatable bonds is 9. The van der Waals surface area contributed by atoms with Crippen molar-refractivity contribution in [1.29, 1.82) is 0 Å². The van der Waals surface area contributed by atoms with Crippen molar-refractivity contribution >= 4 is 56.4 Å². The monoisotopic (exact) mass is 653 g/mol. The van der Waals surface area contributed by atoms with Gasteiger partial charge in [-0.3, -0.25) is 14.4 Å². The van der Waals surface area contributed by atoms with E-state index in [1.165, 1.54) is 24.3 Å². The fraction of sp³-hybridized carbons (Fsp3) is 0.367. The zero-order chi connectivity index (χ0) is 30.6. The molecule has 0 unspecified atom stereocenters. The number of likely N-dealkylation sites (N-methyl/N-ethyl adjacent to an activating group) is 1. The minimum atomic E-state index is -3.90. The molecular formula is C30H34Cl3N3O5S. The van der Waals surface area contributed by atoms with E-state index in [2.05, 4.69) is 9.62 Å². The van der Waals surface area contributed by atoms with Crippen LogP contribution in [-0.4, -0.2) is 68.1 Å². The van der Waals surface area contributed by atoms with Crippen LogP contribution in [-0.2, 0) is 27.8 Å². The summed E-state index contributed by atoms with van der Waals surface area (Å²) in [5.41, 5.74) is 1.83. The molecule has 0 aliphatic carbocycles. The molecule has 1 heterocycles. The molecule has 1 aliphatic heterocycles. The lowest BCUT2D eigenvalue weighted by Crippen LogP contribution is -2.47. The number of aliphatic hydroxyl groups is 1. The molecule has 0 spiro atoms. The van der Waals surface area contributed by atoms with Crippen molar-refractivity contribution in [1.82, 2.24) is 9.80 Å². The number of nitrogens with one attached hydrogen (secondary N) is 1. The topological polar surface area (TPSA) is 99.2 Å². The van der Waals surface area contributed by atoms with Crippen molar-refractivity contribution in [2.45, 2.75) is 43.9 Å². The molecule has 0 aromatic heterocycles. The second-order valence-electron chi connectivity index (χ2n) is 10.7. The molecule has 0 fully saturated rings. The van der Waals surface area contributed by atoms with Gasteiger partial charge in [0.25, 0.3) is 10.0 Å². The van der Waals surface area contributed by atoms with E-state index < -0.39 is 16.1 Å². The molecule has 3 aromatic rings. The van der Waals surface area contributed by atoms with Crippen LogP contribution >= 0.6 is 34.8 Å². The Morgan fingerprint density at radius 1 is 1.07 bits per heavy atom. The van der Waals surface area contributed by atoms with Crippen molar-refractivity contribution in [3.8, 4) is 5.75 Å². The Morgan fingerprint density at radius 3 is 2.45 bits per heavy atom. The molecule has 0 saturated carbocycles. The number of hydrogen-bond acceptors (Lipinski definition) is 6. The Hall–Kier alpha value is -2.53. The lowest BCUT2D eigenvalue weighted by Gasteiger charge is -2.34. The molecule has 1 aliphatic rings. The number of hydrogen-bond donors (Lipinski definition) is 2. The molecule has 42 heavy (non-hydrogen) atoms. The number of benzene rings is 3. The Kier molecular flexibility index (Phi) is 10.7. The van der Waals surface area contributed by atoms with Crippen molar-refractivity contribution < 1.29 is 23.1 Å². The fourth-order valence-corrected chi connectivity index (χ4v) is 6.36. The Bertz CT molecular complexity index is 1520.